The summed E-state index contributed by atoms with van der Waals surface area (Å²) in [4.78, 5) is 12.1. The SMILES string of the molecule is COc1ccc(-c2cc(C(=O)N/N=C\c3ccc(Cl)cc3)[nH]n2)cc1. The molecular formula is C18H15ClN4O2. The van der Waals surface area contributed by atoms with Crippen LogP contribution < -0.4 is 10.2 Å². The number of hydrazone groups is 1. The first-order valence-electron chi connectivity index (χ1n) is 7.44. The largest absolute Gasteiger partial charge is 0.497 e. The number of carbonyl (C=O) groups is 1. The number of amides is 1. The monoisotopic (exact) mass is 354 g/mol. The highest BCUT2D eigenvalue weighted by molar-refractivity contribution is 6.30. The smallest absolute Gasteiger partial charge is 0.289 e. The van der Waals surface area contributed by atoms with Crippen molar-refractivity contribution in [2.45, 2.75) is 0 Å². The molecule has 0 aliphatic heterocycles. The number of methoxy groups -OCH3 is 1. The van der Waals surface area contributed by atoms with E-state index in [1.54, 1.807) is 37.4 Å². The predicted molar refractivity (Wildman–Crippen MR) is 97.1 cm³/mol. The van der Waals surface area contributed by atoms with Gasteiger partial charge in [-0.15, -0.1) is 0 Å². The second kappa shape index (κ2) is 7.63. The van der Waals surface area contributed by atoms with Gasteiger partial charge in [0.05, 0.1) is 19.0 Å². The molecule has 0 saturated carbocycles. The molecule has 0 spiro atoms. The molecule has 0 fully saturated rings. The zero-order chi connectivity index (χ0) is 17.6. The van der Waals surface area contributed by atoms with Gasteiger partial charge in [0.25, 0.3) is 5.91 Å². The summed E-state index contributed by atoms with van der Waals surface area (Å²) in [6, 6.07) is 16.2. The predicted octanol–water partition coefficient (Wildman–Crippen LogP) is 3.50. The van der Waals surface area contributed by atoms with Crippen molar-refractivity contribution in [3.8, 4) is 17.0 Å². The van der Waals surface area contributed by atoms with E-state index in [1.807, 2.05) is 24.3 Å². The quantitative estimate of drug-likeness (QED) is 0.543. The number of ether oxygens (including phenoxy) is 1. The van der Waals surface area contributed by atoms with Gasteiger partial charge in [-0.1, -0.05) is 23.7 Å². The first-order valence-corrected chi connectivity index (χ1v) is 7.82. The molecule has 1 aromatic heterocycles. The third-order valence-electron chi connectivity index (χ3n) is 3.46. The van der Waals surface area contributed by atoms with E-state index in [1.165, 1.54) is 6.21 Å². The number of hydrogen-bond acceptors (Lipinski definition) is 4. The summed E-state index contributed by atoms with van der Waals surface area (Å²) in [5.74, 6) is 0.381. The number of nitrogens with one attached hydrogen (secondary N) is 2. The van der Waals surface area contributed by atoms with Crippen molar-refractivity contribution >= 4 is 23.7 Å². The standard InChI is InChI=1S/C18H15ClN4O2/c1-25-15-8-4-13(5-9-15)16-10-17(22-21-16)18(24)23-20-11-12-2-6-14(19)7-3-12/h2-11H,1H3,(H,21,22)(H,23,24)/b20-11-. The van der Waals surface area contributed by atoms with E-state index in [0.717, 1.165) is 16.9 Å². The Labute approximate surface area is 149 Å². The second-order valence-electron chi connectivity index (χ2n) is 5.15. The van der Waals surface area contributed by atoms with Crippen LogP contribution in [-0.4, -0.2) is 29.4 Å². The highest BCUT2D eigenvalue weighted by Gasteiger charge is 2.10. The van der Waals surface area contributed by atoms with E-state index < -0.39 is 0 Å². The maximum Gasteiger partial charge on any atom is 0.289 e. The third-order valence-corrected chi connectivity index (χ3v) is 3.71. The summed E-state index contributed by atoms with van der Waals surface area (Å²) in [5.41, 5.74) is 5.13. The van der Waals surface area contributed by atoms with Gasteiger partial charge in [0.15, 0.2) is 0 Å². The first-order chi connectivity index (χ1) is 12.2. The van der Waals surface area contributed by atoms with E-state index in [9.17, 15) is 4.79 Å². The van der Waals surface area contributed by atoms with Crippen LogP contribution in [0, 0.1) is 0 Å². The number of benzene rings is 2. The van der Waals surface area contributed by atoms with Crippen molar-refractivity contribution in [1.29, 1.82) is 0 Å². The number of aromatic nitrogens is 2. The topological polar surface area (TPSA) is 79.4 Å². The minimum atomic E-state index is -0.377. The number of nitrogens with zero attached hydrogens (tertiary/aromatic N) is 2. The molecule has 126 valence electrons. The molecule has 0 unspecified atom stereocenters. The summed E-state index contributed by atoms with van der Waals surface area (Å²) < 4.78 is 5.12. The van der Waals surface area contributed by atoms with E-state index >= 15 is 0 Å². The maximum absolute atomic E-state index is 12.1. The molecule has 2 N–H and O–H groups in total. The van der Waals surface area contributed by atoms with Crippen LogP contribution >= 0.6 is 11.6 Å². The molecule has 1 amide bonds. The molecule has 3 rings (SSSR count). The molecule has 0 atom stereocenters. The fourth-order valence-electron chi connectivity index (χ4n) is 2.12. The van der Waals surface area contributed by atoms with Gasteiger partial charge in [-0.05, 0) is 48.0 Å². The van der Waals surface area contributed by atoms with Crippen molar-refractivity contribution in [1.82, 2.24) is 15.6 Å². The summed E-state index contributed by atoms with van der Waals surface area (Å²) in [7, 11) is 1.61. The lowest BCUT2D eigenvalue weighted by Gasteiger charge is -2.00. The number of rotatable bonds is 5. The van der Waals surface area contributed by atoms with Crippen LogP contribution in [0.4, 0.5) is 0 Å². The Balaban J connectivity index is 1.64. The van der Waals surface area contributed by atoms with Crippen molar-refractivity contribution in [3.05, 3.63) is 70.9 Å². The molecule has 0 saturated heterocycles. The van der Waals surface area contributed by atoms with E-state index in [-0.39, 0.29) is 5.91 Å². The highest BCUT2D eigenvalue weighted by atomic mass is 35.5. The van der Waals surface area contributed by atoms with Crippen LogP contribution in [0.2, 0.25) is 5.02 Å². The van der Waals surface area contributed by atoms with Gasteiger partial charge < -0.3 is 4.74 Å². The Kier molecular flexibility index (Phi) is 5.11. The third kappa shape index (κ3) is 4.24. The molecule has 2 aromatic carbocycles. The summed E-state index contributed by atoms with van der Waals surface area (Å²) in [6.45, 7) is 0. The van der Waals surface area contributed by atoms with Gasteiger partial charge in [-0.3, -0.25) is 9.89 Å². The Morgan fingerprint density at radius 2 is 1.92 bits per heavy atom. The fraction of sp³-hybridized carbons (Fsp3) is 0.0556. The lowest BCUT2D eigenvalue weighted by Crippen LogP contribution is -2.17. The molecule has 0 aliphatic rings. The molecule has 0 bridgehead atoms. The summed E-state index contributed by atoms with van der Waals surface area (Å²) >= 11 is 5.81. The lowest BCUT2D eigenvalue weighted by atomic mass is 10.1. The van der Waals surface area contributed by atoms with Gasteiger partial charge in [-0.2, -0.15) is 10.2 Å². The average molecular weight is 355 g/mol. The molecule has 3 aromatic rings. The number of aromatic amines is 1. The van der Waals surface area contributed by atoms with Crippen LogP contribution in [0.1, 0.15) is 16.1 Å². The van der Waals surface area contributed by atoms with Crippen LogP contribution in [0.15, 0.2) is 59.7 Å². The van der Waals surface area contributed by atoms with Crippen LogP contribution in [0.25, 0.3) is 11.3 Å². The van der Waals surface area contributed by atoms with Crippen molar-refractivity contribution in [2.24, 2.45) is 5.10 Å². The van der Waals surface area contributed by atoms with Crippen LogP contribution in [0.3, 0.4) is 0 Å². The van der Waals surface area contributed by atoms with Gasteiger partial charge in [0.1, 0.15) is 11.4 Å². The zero-order valence-corrected chi connectivity index (χ0v) is 14.1. The molecule has 1 heterocycles. The normalized spacial score (nSPS) is 10.8. The Bertz CT molecular complexity index is 886. The molecule has 0 radical (unpaired) electrons. The van der Waals surface area contributed by atoms with Crippen LogP contribution in [0.5, 0.6) is 5.75 Å². The maximum atomic E-state index is 12.1. The van der Waals surface area contributed by atoms with E-state index in [0.29, 0.717) is 16.4 Å². The molecule has 6 nitrogen and oxygen atoms in total. The Morgan fingerprint density at radius 3 is 2.60 bits per heavy atom. The molecule has 0 aliphatic carbocycles. The van der Waals surface area contributed by atoms with Gasteiger partial charge in [0.2, 0.25) is 0 Å². The summed E-state index contributed by atoms with van der Waals surface area (Å²) in [6.07, 6.45) is 1.54. The van der Waals surface area contributed by atoms with E-state index in [4.69, 9.17) is 16.3 Å². The lowest BCUT2D eigenvalue weighted by molar-refractivity contribution is 0.0950. The van der Waals surface area contributed by atoms with Gasteiger partial charge in [-0.25, -0.2) is 5.43 Å². The second-order valence-corrected chi connectivity index (χ2v) is 5.58. The van der Waals surface area contributed by atoms with Crippen molar-refractivity contribution in [3.63, 3.8) is 0 Å². The number of halogens is 1. The van der Waals surface area contributed by atoms with E-state index in [2.05, 4.69) is 20.7 Å². The zero-order valence-electron chi connectivity index (χ0n) is 13.4. The molecular weight excluding hydrogens is 340 g/mol. The molecule has 7 heteroatoms. The molecule has 25 heavy (non-hydrogen) atoms. The first kappa shape index (κ1) is 16.7. The van der Waals surface area contributed by atoms with Gasteiger partial charge in [0, 0.05) is 10.6 Å². The Morgan fingerprint density at radius 1 is 1.20 bits per heavy atom. The minimum absolute atomic E-state index is 0.319. The van der Waals surface area contributed by atoms with Gasteiger partial charge >= 0.3 is 0 Å². The highest BCUT2D eigenvalue weighted by Crippen LogP contribution is 2.21. The Hall–Kier alpha value is -3.12. The van der Waals surface area contributed by atoms with Crippen molar-refractivity contribution < 1.29 is 9.53 Å². The summed E-state index contributed by atoms with van der Waals surface area (Å²) in [5, 5.41) is 11.4. The number of carbonyl (C=O) groups excluding carboxylic acids is 1. The average Bonchev–Trinajstić information content (AvgIpc) is 3.13. The van der Waals surface area contributed by atoms with Crippen molar-refractivity contribution in [2.75, 3.05) is 7.11 Å². The number of hydrogen-bond donors (Lipinski definition) is 2. The fourth-order valence-corrected chi connectivity index (χ4v) is 2.25. The minimum Gasteiger partial charge on any atom is -0.497 e. The number of H-pyrrole nitrogens is 1. The van der Waals surface area contributed by atoms with Crippen LogP contribution in [-0.2, 0) is 0 Å².